The molecule has 0 amide bonds. The number of rotatable bonds is 5. The maximum atomic E-state index is 13.3. The zero-order chi connectivity index (χ0) is 15.5. The molecular formula is C13H12ClFN2O3S. The summed E-state index contributed by atoms with van der Waals surface area (Å²) in [5.41, 5.74) is 0.223. The van der Waals surface area contributed by atoms with Crippen LogP contribution in [0, 0.1) is 5.82 Å². The summed E-state index contributed by atoms with van der Waals surface area (Å²) in [5.74, 6) is -0.680. The Morgan fingerprint density at radius 1 is 1.33 bits per heavy atom. The Kier molecular flexibility index (Phi) is 4.89. The molecule has 0 aliphatic rings. The quantitative estimate of drug-likeness (QED) is 0.877. The first-order valence-electron chi connectivity index (χ1n) is 5.94. The number of benzene rings is 1. The number of nitrogens with one attached hydrogen (secondary N) is 1. The lowest BCUT2D eigenvalue weighted by atomic mass is 10.1. The number of hydrogen-bond donors (Lipinski definition) is 2. The van der Waals surface area contributed by atoms with Gasteiger partial charge in [0.1, 0.15) is 5.82 Å². The van der Waals surface area contributed by atoms with Crippen molar-refractivity contribution in [2.45, 2.75) is 11.1 Å². The van der Waals surface area contributed by atoms with Crippen molar-refractivity contribution in [3.63, 3.8) is 0 Å². The van der Waals surface area contributed by atoms with Gasteiger partial charge in [-0.2, -0.15) is 0 Å². The molecule has 21 heavy (non-hydrogen) atoms. The van der Waals surface area contributed by atoms with E-state index in [2.05, 4.69) is 9.71 Å². The van der Waals surface area contributed by atoms with Crippen LogP contribution in [0.5, 0.6) is 0 Å². The number of aromatic nitrogens is 1. The fourth-order valence-electron chi connectivity index (χ4n) is 1.61. The molecule has 8 heteroatoms. The van der Waals surface area contributed by atoms with E-state index in [-0.39, 0.29) is 22.2 Å². The lowest BCUT2D eigenvalue weighted by Crippen LogP contribution is -2.29. The number of pyridine rings is 1. The van der Waals surface area contributed by atoms with Gasteiger partial charge in [-0.1, -0.05) is 23.7 Å². The number of hydrogen-bond acceptors (Lipinski definition) is 4. The van der Waals surface area contributed by atoms with Crippen molar-refractivity contribution in [1.82, 2.24) is 9.71 Å². The molecule has 0 spiro atoms. The van der Waals surface area contributed by atoms with Crippen molar-refractivity contribution >= 4 is 21.6 Å². The summed E-state index contributed by atoms with van der Waals surface area (Å²) < 4.78 is 39.3. The Morgan fingerprint density at radius 3 is 2.71 bits per heavy atom. The van der Waals surface area contributed by atoms with Crippen LogP contribution in [0.2, 0.25) is 5.02 Å². The van der Waals surface area contributed by atoms with E-state index in [1.807, 2.05) is 0 Å². The zero-order valence-corrected chi connectivity index (χ0v) is 12.3. The van der Waals surface area contributed by atoms with Gasteiger partial charge in [-0.25, -0.2) is 22.5 Å². The molecular weight excluding hydrogens is 319 g/mol. The second-order valence-electron chi connectivity index (χ2n) is 4.21. The largest absolute Gasteiger partial charge is 0.387 e. The fourth-order valence-corrected chi connectivity index (χ4v) is 2.71. The van der Waals surface area contributed by atoms with Crippen LogP contribution < -0.4 is 4.72 Å². The third-order valence-electron chi connectivity index (χ3n) is 2.71. The van der Waals surface area contributed by atoms with E-state index in [1.165, 1.54) is 30.5 Å². The summed E-state index contributed by atoms with van der Waals surface area (Å²) in [6, 6.07) is 8.23. The molecule has 1 aromatic carbocycles. The third-order valence-corrected chi connectivity index (χ3v) is 4.35. The number of sulfonamides is 1. The van der Waals surface area contributed by atoms with Crippen molar-refractivity contribution in [3.8, 4) is 0 Å². The summed E-state index contributed by atoms with van der Waals surface area (Å²) in [6.45, 7) is -0.306. The van der Waals surface area contributed by atoms with Crippen LogP contribution >= 0.6 is 11.6 Å². The Morgan fingerprint density at radius 2 is 2.10 bits per heavy atom. The van der Waals surface area contributed by atoms with Gasteiger partial charge < -0.3 is 5.11 Å². The molecule has 1 unspecified atom stereocenters. The molecule has 2 N–H and O–H groups in total. The first kappa shape index (κ1) is 15.8. The van der Waals surface area contributed by atoms with E-state index >= 15 is 0 Å². The standard InChI is InChI=1S/C13H12ClFN2O3S/c14-10-5-4-9(7-11(10)15)12(18)8-17-21(19,20)13-3-1-2-6-16-13/h1-7,12,17-18H,8H2. The molecule has 0 saturated carbocycles. The molecule has 5 nitrogen and oxygen atoms in total. The highest BCUT2D eigenvalue weighted by Gasteiger charge is 2.18. The molecule has 0 fully saturated rings. The molecule has 0 aliphatic heterocycles. The van der Waals surface area contributed by atoms with Crippen LogP contribution in [0.15, 0.2) is 47.6 Å². The highest BCUT2D eigenvalue weighted by Crippen LogP contribution is 2.20. The van der Waals surface area contributed by atoms with Crippen LogP contribution in [0.25, 0.3) is 0 Å². The molecule has 1 heterocycles. The molecule has 2 rings (SSSR count). The Labute approximate surface area is 126 Å². The maximum Gasteiger partial charge on any atom is 0.258 e. The summed E-state index contributed by atoms with van der Waals surface area (Å²) in [6.07, 6.45) is 0.148. The van der Waals surface area contributed by atoms with Crippen LogP contribution in [0.3, 0.4) is 0 Å². The average Bonchev–Trinajstić information content (AvgIpc) is 2.48. The maximum absolute atomic E-state index is 13.3. The van der Waals surface area contributed by atoms with Gasteiger partial charge in [0, 0.05) is 12.7 Å². The third kappa shape index (κ3) is 3.98. The second kappa shape index (κ2) is 6.48. The van der Waals surface area contributed by atoms with Crippen molar-refractivity contribution in [3.05, 3.63) is 59.0 Å². The molecule has 0 aliphatic carbocycles. The predicted molar refractivity (Wildman–Crippen MR) is 75.8 cm³/mol. The van der Waals surface area contributed by atoms with Gasteiger partial charge in [-0.05, 0) is 29.8 Å². The van der Waals surface area contributed by atoms with E-state index in [0.29, 0.717) is 0 Å². The minimum Gasteiger partial charge on any atom is -0.387 e. The zero-order valence-electron chi connectivity index (χ0n) is 10.7. The molecule has 1 aromatic heterocycles. The molecule has 0 bridgehead atoms. The number of halogens is 2. The lowest BCUT2D eigenvalue weighted by Gasteiger charge is -2.12. The normalized spacial score (nSPS) is 13.1. The Bertz CT molecular complexity index is 725. The van der Waals surface area contributed by atoms with Crippen LogP contribution in [-0.2, 0) is 10.0 Å². The number of aliphatic hydroxyl groups excluding tert-OH is 1. The van der Waals surface area contributed by atoms with Gasteiger partial charge in [0.15, 0.2) is 5.03 Å². The molecule has 0 radical (unpaired) electrons. The average molecular weight is 331 g/mol. The minimum absolute atomic E-state index is 0.0694. The smallest absolute Gasteiger partial charge is 0.258 e. The summed E-state index contributed by atoms with van der Waals surface area (Å²) >= 11 is 5.54. The first-order valence-corrected chi connectivity index (χ1v) is 7.80. The van der Waals surface area contributed by atoms with Crippen molar-refractivity contribution < 1.29 is 17.9 Å². The number of aliphatic hydroxyl groups is 1. The van der Waals surface area contributed by atoms with E-state index in [9.17, 15) is 17.9 Å². The monoisotopic (exact) mass is 330 g/mol. The molecule has 2 aromatic rings. The van der Waals surface area contributed by atoms with Crippen LogP contribution in [0.1, 0.15) is 11.7 Å². The van der Waals surface area contributed by atoms with Crippen molar-refractivity contribution in [2.24, 2.45) is 0 Å². The van der Waals surface area contributed by atoms with Crippen molar-refractivity contribution in [1.29, 1.82) is 0 Å². The Balaban J connectivity index is 2.07. The van der Waals surface area contributed by atoms with E-state index in [1.54, 1.807) is 6.07 Å². The van der Waals surface area contributed by atoms with Gasteiger partial charge >= 0.3 is 0 Å². The van der Waals surface area contributed by atoms with Crippen molar-refractivity contribution in [2.75, 3.05) is 6.54 Å². The summed E-state index contributed by atoms with van der Waals surface area (Å²) in [5, 5.41) is 9.67. The minimum atomic E-state index is -3.82. The van der Waals surface area contributed by atoms with Crippen LogP contribution in [0.4, 0.5) is 4.39 Å². The second-order valence-corrected chi connectivity index (χ2v) is 6.33. The molecule has 0 saturated heterocycles. The lowest BCUT2D eigenvalue weighted by molar-refractivity contribution is 0.181. The highest BCUT2D eigenvalue weighted by atomic mass is 35.5. The Hall–Kier alpha value is -1.54. The van der Waals surface area contributed by atoms with E-state index < -0.39 is 21.9 Å². The van der Waals surface area contributed by atoms with Gasteiger partial charge in [-0.3, -0.25) is 0 Å². The summed E-state index contributed by atoms with van der Waals surface area (Å²) in [4.78, 5) is 3.72. The van der Waals surface area contributed by atoms with E-state index in [4.69, 9.17) is 11.6 Å². The highest BCUT2D eigenvalue weighted by molar-refractivity contribution is 7.89. The number of nitrogens with zero attached hydrogens (tertiary/aromatic N) is 1. The fraction of sp³-hybridized carbons (Fsp3) is 0.154. The van der Waals surface area contributed by atoms with E-state index in [0.717, 1.165) is 6.07 Å². The van der Waals surface area contributed by atoms with Gasteiger partial charge in [-0.15, -0.1) is 0 Å². The first-order chi connectivity index (χ1) is 9.90. The van der Waals surface area contributed by atoms with Gasteiger partial charge in [0.25, 0.3) is 10.0 Å². The SMILES string of the molecule is O=S(=O)(NCC(O)c1ccc(Cl)c(F)c1)c1ccccn1. The van der Waals surface area contributed by atoms with Gasteiger partial charge in [0.05, 0.1) is 11.1 Å². The van der Waals surface area contributed by atoms with Gasteiger partial charge in [0.2, 0.25) is 0 Å². The molecule has 1 atom stereocenters. The molecule has 112 valence electrons. The predicted octanol–water partition coefficient (Wildman–Crippen LogP) is 1.89. The summed E-state index contributed by atoms with van der Waals surface area (Å²) in [7, 11) is -3.82. The topological polar surface area (TPSA) is 79.3 Å². The van der Waals surface area contributed by atoms with Crippen LogP contribution in [-0.4, -0.2) is 25.1 Å².